The van der Waals surface area contributed by atoms with Crippen LogP contribution in [0.3, 0.4) is 0 Å². The second kappa shape index (κ2) is 10.0. The summed E-state index contributed by atoms with van der Waals surface area (Å²) < 4.78 is 89.9. The molecule has 8 heteroatoms. The molecule has 1 aliphatic rings. The summed E-state index contributed by atoms with van der Waals surface area (Å²) in [4.78, 5) is 0. The number of hydrogen-bond acceptors (Lipinski definition) is 2. The number of halogens is 6. The fourth-order valence-corrected chi connectivity index (χ4v) is 4.22. The van der Waals surface area contributed by atoms with Crippen molar-refractivity contribution in [2.24, 2.45) is 17.3 Å². The standard InChI is InChI=1S/C20H34F6O2/c1-5-9-15(6-2)28-16(13(3)4)12-18(19(21,22)23,20(24,25)26)17(27)14-10-7-8-11-14/h13-17,27H,5-12H2,1-4H3. The largest absolute Gasteiger partial charge is 0.405 e. The van der Waals surface area contributed by atoms with Crippen LogP contribution in [-0.4, -0.2) is 35.8 Å². The first-order valence-electron chi connectivity index (χ1n) is 10.3. The SMILES string of the molecule is CCCC(CC)OC(CC(C(O)C1CCCC1)(C(F)(F)F)C(F)(F)F)C(C)C. The molecule has 1 fully saturated rings. The molecule has 0 aromatic rings. The predicted molar refractivity (Wildman–Crippen MR) is 95.8 cm³/mol. The van der Waals surface area contributed by atoms with Crippen molar-refractivity contribution < 1.29 is 36.2 Å². The molecule has 0 aliphatic heterocycles. The monoisotopic (exact) mass is 420 g/mol. The first kappa shape index (κ1) is 25.5. The van der Waals surface area contributed by atoms with E-state index in [2.05, 4.69) is 0 Å². The molecule has 0 bridgehead atoms. The van der Waals surface area contributed by atoms with Gasteiger partial charge < -0.3 is 9.84 Å². The van der Waals surface area contributed by atoms with Gasteiger partial charge in [0.1, 0.15) is 0 Å². The number of ether oxygens (including phenoxy) is 1. The molecular formula is C20H34F6O2. The summed E-state index contributed by atoms with van der Waals surface area (Å²) in [5, 5.41) is 10.5. The lowest BCUT2D eigenvalue weighted by Gasteiger charge is -2.45. The van der Waals surface area contributed by atoms with E-state index in [1.54, 1.807) is 20.8 Å². The zero-order chi connectivity index (χ0) is 21.8. The molecular weight excluding hydrogens is 386 g/mol. The highest BCUT2D eigenvalue weighted by atomic mass is 19.4. The van der Waals surface area contributed by atoms with Crippen LogP contribution in [0.2, 0.25) is 0 Å². The maximum atomic E-state index is 14.0. The van der Waals surface area contributed by atoms with Gasteiger partial charge in [-0.1, -0.05) is 47.0 Å². The van der Waals surface area contributed by atoms with Crippen LogP contribution in [0.5, 0.6) is 0 Å². The average Bonchev–Trinajstić information content (AvgIpc) is 3.08. The van der Waals surface area contributed by atoms with Gasteiger partial charge in [-0.05, 0) is 43.9 Å². The second-order valence-corrected chi connectivity index (χ2v) is 8.40. The molecule has 0 spiro atoms. The molecule has 168 valence electrons. The lowest BCUT2D eigenvalue weighted by atomic mass is 9.69. The lowest BCUT2D eigenvalue weighted by molar-refractivity contribution is -0.379. The fraction of sp³-hybridized carbons (Fsp3) is 1.00. The third-order valence-electron chi connectivity index (χ3n) is 6.06. The van der Waals surface area contributed by atoms with Crippen LogP contribution in [0.25, 0.3) is 0 Å². The Morgan fingerprint density at radius 2 is 1.46 bits per heavy atom. The zero-order valence-corrected chi connectivity index (χ0v) is 17.2. The van der Waals surface area contributed by atoms with Crippen molar-refractivity contribution in [3.8, 4) is 0 Å². The second-order valence-electron chi connectivity index (χ2n) is 8.40. The maximum Gasteiger partial charge on any atom is 0.405 e. The van der Waals surface area contributed by atoms with Crippen LogP contribution < -0.4 is 0 Å². The van der Waals surface area contributed by atoms with E-state index in [1.807, 2.05) is 6.92 Å². The summed E-state index contributed by atoms with van der Waals surface area (Å²) in [5.41, 5.74) is -4.19. The van der Waals surface area contributed by atoms with Crippen molar-refractivity contribution in [1.82, 2.24) is 0 Å². The van der Waals surface area contributed by atoms with Crippen molar-refractivity contribution in [1.29, 1.82) is 0 Å². The van der Waals surface area contributed by atoms with Gasteiger partial charge in [-0.25, -0.2) is 0 Å². The van der Waals surface area contributed by atoms with E-state index in [1.165, 1.54) is 0 Å². The summed E-state index contributed by atoms with van der Waals surface area (Å²) in [6.07, 6.45) is -13.5. The smallest absolute Gasteiger partial charge is 0.392 e. The summed E-state index contributed by atoms with van der Waals surface area (Å²) in [7, 11) is 0. The van der Waals surface area contributed by atoms with Gasteiger partial charge in [-0.2, -0.15) is 26.3 Å². The molecule has 3 atom stereocenters. The summed E-state index contributed by atoms with van der Waals surface area (Å²) in [6.45, 7) is 6.80. The summed E-state index contributed by atoms with van der Waals surface area (Å²) in [5.74, 6) is -1.56. The van der Waals surface area contributed by atoms with E-state index in [9.17, 15) is 31.4 Å². The molecule has 1 N–H and O–H groups in total. The molecule has 1 aliphatic carbocycles. The number of rotatable bonds is 10. The molecule has 0 aromatic heterocycles. The van der Waals surface area contributed by atoms with E-state index in [0.29, 0.717) is 25.7 Å². The Morgan fingerprint density at radius 1 is 0.964 bits per heavy atom. The average molecular weight is 420 g/mol. The van der Waals surface area contributed by atoms with Gasteiger partial charge in [-0.3, -0.25) is 0 Å². The lowest BCUT2D eigenvalue weighted by Crippen LogP contribution is -2.61. The van der Waals surface area contributed by atoms with Crippen LogP contribution in [-0.2, 0) is 4.74 Å². The minimum absolute atomic E-state index is 0.176. The number of aliphatic hydroxyl groups is 1. The molecule has 28 heavy (non-hydrogen) atoms. The van der Waals surface area contributed by atoms with Crippen molar-refractivity contribution >= 4 is 0 Å². The Morgan fingerprint density at radius 3 is 1.82 bits per heavy atom. The van der Waals surface area contributed by atoms with Crippen LogP contribution in [0.1, 0.15) is 79.1 Å². The van der Waals surface area contributed by atoms with E-state index < -0.39 is 54.3 Å². The van der Waals surface area contributed by atoms with Gasteiger partial charge in [0, 0.05) is 0 Å². The minimum atomic E-state index is -5.63. The highest BCUT2D eigenvalue weighted by molar-refractivity contribution is 5.03. The number of aliphatic hydroxyl groups excluding tert-OH is 1. The van der Waals surface area contributed by atoms with Crippen molar-refractivity contribution in [2.45, 2.75) is 110 Å². The molecule has 2 nitrogen and oxygen atoms in total. The van der Waals surface area contributed by atoms with E-state index in [4.69, 9.17) is 4.74 Å². The van der Waals surface area contributed by atoms with Crippen LogP contribution in [0.4, 0.5) is 26.3 Å². The minimum Gasteiger partial charge on any atom is -0.392 e. The first-order chi connectivity index (χ1) is 12.8. The number of alkyl halides is 6. The molecule has 1 rings (SSSR count). The molecule has 3 unspecified atom stereocenters. The van der Waals surface area contributed by atoms with Crippen molar-refractivity contribution in [3.05, 3.63) is 0 Å². The summed E-state index contributed by atoms with van der Waals surface area (Å²) >= 11 is 0. The highest BCUT2D eigenvalue weighted by Gasteiger charge is 2.75. The van der Waals surface area contributed by atoms with E-state index >= 15 is 0 Å². The summed E-state index contributed by atoms with van der Waals surface area (Å²) in [6, 6.07) is 0. The van der Waals surface area contributed by atoms with Crippen molar-refractivity contribution in [3.63, 3.8) is 0 Å². The first-order valence-corrected chi connectivity index (χ1v) is 10.3. The Kier molecular flexibility index (Phi) is 9.12. The topological polar surface area (TPSA) is 29.5 Å². The van der Waals surface area contributed by atoms with Crippen LogP contribution in [0, 0.1) is 17.3 Å². The predicted octanol–water partition coefficient (Wildman–Crippen LogP) is 6.66. The van der Waals surface area contributed by atoms with Gasteiger partial charge >= 0.3 is 12.4 Å². The molecule has 0 aromatic carbocycles. The third-order valence-corrected chi connectivity index (χ3v) is 6.06. The van der Waals surface area contributed by atoms with Gasteiger partial charge in [-0.15, -0.1) is 0 Å². The van der Waals surface area contributed by atoms with Gasteiger partial charge in [0.2, 0.25) is 0 Å². The van der Waals surface area contributed by atoms with Crippen molar-refractivity contribution in [2.75, 3.05) is 0 Å². The Labute approximate surface area is 164 Å². The normalized spacial score (nSPS) is 20.6. The molecule has 0 radical (unpaired) electrons. The Balaban J connectivity index is 3.35. The fourth-order valence-electron chi connectivity index (χ4n) is 4.22. The van der Waals surface area contributed by atoms with Gasteiger partial charge in [0.15, 0.2) is 5.41 Å². The van der Waals surface area contributed by atoms with Crippen LogP contribution >= 0.6 is 0 Å². The quantitative estimate of drug-likeness (QED) is 0.401. The molecule has 0 saturated heterocycles. The Bertz CT molecular complexity index is 441. The van der Waals surface area contributed by atoms with E-state index in [0.717, 1.165) is 6.42 Å². The van der Waals surface area contributed by atoms with E-state index in [-0.39, 0.29) is 12.8 Å². The molecule has 0 amide bonds. The third kappa shape index (κ3) is 5.55. The van der Waals surface area contributed by atoms with Gasteiger partial charge in [0.05, 0.1) is 18.3 Å². The molecule has 0 heterocycles. The zero-order valence-electron chi connectivity index (χ0n) is 17.2. The van der Waals surface area contributed by atoms with Crippen LogP contribution in [0.15, 0.2) is 0 Å². The maximum absolute atomic E-state index is 14.0. The van der Waals surface area contributed by atoms with Gasteiger partial charge in [0.25, 0.3) is 0 Å². The Hall–Kier alpha value is -0.500. The highest BCUT2D eigenvalue weighted by Crippen LogP contribution is 2.58. The molecule has 1 saturated carbocycles. The number of hydrogen-bond donors (Lipinski definition) is 1.